The van der Waals surface area contributed by atoms with E-state index in [-0.39, 0.29) is 11.4 Å². The van der Waals surface area contributed by atoms with Crippen LogP contribution in [0.15, 0.2) is 24.3 Å². The highest BCUT2D eigenvalue weighted by Crippen LogP contribution is 2.35. The predicted molar refractivity (Wildman–Crippen MR) is 84.6 cm³/mol. The van der Waals surface area contributed by atoms with Crippen LogP contribution in [0, 0.1) is 5.92 Å². The molecule has 1 saturated heterocycles. The highest BCUT2D eigenvalue weighted by molar-refractivity contribution is 7.87. The number of fused-ring (bicyclic) bond motifs is 1. The van der Waals surface area contributed by atoms with Gasteiger partial charge < -0.3 is 0 Å². The first kappa shape index (κ1) is 15.3. The van der Waals surface area contributed by atoms with Gasteiger partial charge in [-0.2, -0.15) is 17.4 Å². The van der Waals surface area contributed by atoms with E-state index in [1.54, 1.807) is 4.31 Å². The Kier molecular flexibility index (Phi) is 4.28. The Morgan fingerprint density at radius 1 is 1.33 bits per heavy atom. The molecule has 3 rings (SSSR count). The fourth-order valence-corrected chi connectivity index (χ4v) is 5.30. The molecular weight excluding hydrogens is 308 g/mol. The van der Waals surface area contributed by atoms with Crippen molar-refractivity contribution in [2.45, 2.75) is 37.6 Å². The number of nitrogens with one attached hydrogen (secondary N) is 1. The zero-order valence-electron chi connectivity index (χ0n) is 12.1. The van der Waals surface area contributed by atoms with E-state index in [2.05, 4.69) is 11.6 Å². The summed E-state index contributed by atoms with van der Waals surface area (Å²) in [6.07, 6.45) is 2.73. The number of hydrogen-bond acceptors (Lipinski definition) is 2. The SMILES string of the molecule is CC1CCCN(S(=O)(=O)NC2c3ccccc3CC2Cl)C1. The van der Waals surface area contributed by atoms with Crippen LogP contribution in [0.2, 0.25) is 0 Å². The predicted octanol–water partition coefficient (Wildman–Crippen LogP) is 2.46. The lowest BCUT2D eigenvalue weighted by Crippen LogP contribution is -2.47. The molecule has 0 radical (unpaired) electrons. The number of benzene rings is 1. The summed E-state index contributed by atoms with van der Waals surface area (Å²) in [5, 5.41) is -0.223. The third kappa shape index (κ3) is 3.11. The molecule has 21 heavy (non-hydrogen) atoms. The minimum absolute atomic E-state index is 0.223. The van der Waals surface area contributed by atoms with Crippen LogP contribution < -0.4 is 4.72 Å². The van der Waals surface area contributed by atoms with Gasteiger partial charge in [0.25, 0.3) is 10.2 Å². The van der Waals surface area contributed by atoms with E-state index in [9.17, 15) is 8.42 Å². The van der Waals surface area contributed by atoms with Gasteiger partial charge in [-0.05, 0) is 36.3 Å². The summed E-state index contributed by atoms with van der Waals surface area (Å²) < 4.78 is 29.6. The van der Waals surface area contributed by atoms with Gasteiger partial charge in [0, 0.05) is 13.1 Å². The summed E-state index contributed by atoms with van der Waals surface area (Å²) in [5.74, 6) is 0.415. The van der Waals surface area contributed by atoms with Gasteiger partial charge in [-0.3, -0.25) is 0 Å². The molecular formula is C15H21ClN2O2S. The fourth-order valence-electron chi connectivity index (χ4n) is 3.28. The van der Waals surface area contributed by atoms with Crippen LogP contribution in [0.4, 0.5) is 0 Å². The topological polar surface area (TPSA) is 49.4 Å². The molecule has 6 heteroatoms. The Morgan fingerprint density at radius 3 is 2.86 bits per heavy atom. The number of alkyl halides is 1. The lowest BCUT2D eigenvalue weighted by molar-refractivity contribution is 0.276. The number of nitrogens with zero attached hydrogens (tertiary/aromatic N) is 1. The second kappa shape index (κ2) is 5.88. The number of rotatable bonds is 3. The first-order valence-electron chi connectivity index (χ1n) is 7.46. The minimum atomic E-state index is -3.48. The number of halogens is 1. The number of hydrogen-bond donors (Lipinski definition) is 1. The Bertz CT molecular complexity index is 620. The molecule has 3 atom stereocenters. The molecule has 3 unspecified atom stereocenters. The van der Waals surface area contributed by atoms with Crippen molar-refractivity contribution in [3.63, 3.8) is 0 Å². The highest BCUT2D eigenvalue weighted by atomic mass is 35.5. The van der Waals surface area contributed by atoms with E-state index in [1.807, 2.05) is 24.3 Å². The summed E-state index contributed by atoms with van der Waals surface area (Å²) in [4.78, 5) is 0. The second-order valence-electron chi connectivity index (χ2n) is 6.12. The Balaban J connectivity index is 1.79. The molecule has 1 aliphatic heterocycles. The van der Waals surface area contributed by atoms with Gasteiger partial charge in [0.2, 0.25) is 0 Å². The van der Waals surface area contributed by atoms with Gasteiger partial charge in [0.15, 0.2) is 0 Å². The molecule has 1 fully saturated rings. The van der Waals surface area contributed by atoms with Crippen LogP contribution in [0.1, 0.15) is 36.9 Å². The molecule has 1 N–H and O–H groups in total. The monoisotopic (exact) mass is 328 g/mol. The van der Waals surface area contributed by atoms with E-state index in [4.69, 9.17) is 11.6 Å². The third-order valence-corrected chi connectivity index (χ3v) is 6.37. The molecule has 0 saturated carbocycles. The molecule has 1 aliphatic carbocycles. The van der Waals surface area contributed by atoms with Crippen LogP contribution in [0.5, 0.6) is 0 Å². The first-order chi connectivity index (χ1) is 9.97. The van der Waals surface area contributed by atoms with Crippen molar-refractivity contribution < 1.29 is 8.42 Å². The number of piperidine rings is 1. The largest absolute Gasteiger partial charge is 0.280 e. The molecule has 1 aromatic carbocycles. The van der Waals surface area contributed by atoms with Crippen LogP contribution in [-0.2, 0) is 16.6 Å². The molecule has 1 heterocycles. The molecule has 0 amide bonds. The first-order valence-corrected chi connectivity index (χ1v) is 9.34. The Hall–Kier alpha value is -0.620. The minimum Gasteiger partial charge on any atom is -0.195 e. The summed E-state index contributed by atoms with van der Waals surface area (Å²) in [6.45, 7) is 3.29. The zero-order chi connectivity index (χ0) is 15.0. The van der Waals surface area contributed by atoms with Crippen molar-refractivity contribution in [1.29, 1.82) is 0 Å². The molecule has 1 aromatic rings. The second-order valence-corrected chi connectivity index (χ2v) is 8.39. The van der Waals surface area contributed by atoms with E-state index in [0.29, 0.717) is 25.4 Å². The molecule has 0 aromatic heterocycles. The Morgan fingerprint density at radius 2 is 2.10 bits per heavy atom. The van der Waals surface area contributed by atoms with Crippen molar-refractivity contribution >= 4 is 21.8 Å². The maximum absolute atomic E-state index is 12.6. The van der Waals surface area contributed by atoms with Crippen LogP contribution >= 0.6 is 11.6 Å². The van der Waals surface area contributed by atoms with Gasteiger partial charge in [0.1, 0.15) is 0 Å². The maximum Gasteiger partial charge on any atom is 0.280 e. The smallest absolute Gasteiger partial charge is 0.195 e. The molecule has 0 spiro atoms. The maximum atomic E-state index is 12.6. The van der Waals surface area contributed by atoms with E-state index in [0.717, 1.165) is 24.0 Å². The van der Waals surface area contributed by atoms with Gasteiger partial charge >= 0.3 is 0 Å². The quantitative estimate of drug-likeness (QED) is 0.866. The highest BCUT2D eigenvalue weighted by Gasteiger charge is 2.36. The molecule has 116 valence electrons. The van der Waals surface area contributed by atoms with Crippen molar-refractivity contribution in [1.82, 2.24) is 9.03 Å². The normalized spacial score (nSPS) is 30.3. The van der Waals surface area contributed by atoms with Gasteiger partial charge in [0.05, 0.1) is 11.4 Å². The lowest BCUT2D eigenvalue weighted by atomic mass is 10.0. The fraction of sp³-hybridized carbons (Fsp3) is 0.600. The van der Waals surface area contributed by atoms with Gasteiger partial charge in [-0.15, -0.1) is 11.6 Å². The summed E-state index contributed by atoms with van der Waals surface area (Å²) in [7, 11) is -3.48. The van der Waals surface area contributed by atoms with Crippen molar-refractivity contribution in [3.8, 4) is 0 Å². The molecule has 4 nitrogen and oxygen atoms in total. The molecule has 0 bridgehead atoms. The lowest BCUT2D eigenvalue weighted by Gasteiger charge is -2.31. The third-order valence-electron chi connectivity index (χ3n) is 4.40. The average Bonchev–Trinajstić information content (AvgIpc) is 2.75. The summed E-state index contributed by atoms with van der Waals surface area (Å²) in [6, 6.07) is 7.54. The van der Waals surface area contributed by atoms with Crippen molar-refractivity contribution in [2.24, 2.45) is 5.92 Å². The average molecular weight is 329 g/mol. The van der Waals surface area contributed by atoms with Gasteiger partial charge in [-0.1, -0.05) is 31.2 Å². The van der Waals surface area contributed by atoms with Crippen LogP contribution in [-0.4, -0.2) is 31.2 Å². The summed E-state index contributed by atoms with van der Waals surface area (Å²) >= 11 is 6.37. The standard InChI is InChI=1S/C15H21ClN2O2S/c1-11-5-4-8-18(10-11)21(19,20)17-15-13-7-3-2-6-12(13)9-14(15)16/h2-3,6-7,11,14-15,17H,4-5,8-10H2,1H3. The van der Waals surface area contributed by atoms with E-state index in [1.165, 1.54) is 0 Å². The zero-order valence-corrected chi connectivity index (χ0v) is 13.7. The van der Waals surface area contributed by atoms with E-state index < -0.39 is 10.2 Å². The van der Waals surface area contributed by atoms with E-state index >= 15 is 0 Å². The van der Waals surface area contributed by atoms with Crippen LogP contribution in [0.25, 0.3) is 0 Å². The van der Waals surface area contributed by atoms with Crippen LogP contribution in [0.3, 0.4) is 0 Å². The molecule has 2 aliphatic rings. The Labute approximate surface area is 131 Å². The summed E-state index contributed by atoms with van der Waals surface area (Å²) in [5.41, 5.74) is 2.14. The van der Waals surface area contributed by atoms with Gasteiger partial charge in [-0.25, -0.2) is 0 Å². The van der Waals surface area contributed by atoms with Crippen molar-refractivity contribution in [3.05, 3.63) is 35.4 Å². The van der Waals surface area contributed by atoms with Crippen molar-refractivity contribution in [2.75, 3.05) is 13.1 Å².